The molecule has 128 valence electrons. The lowest BCUT2D eigenvalue weighted by molar-refractivity contribution is 0.0433. The van der Waals surface area contributed by atoms with E-state index in [9.17, 15) is 8.42 Å². The lowest BCUT2D eigenvalue weighted by Gasteiger charge is -2.26. The number of hydrogen-bond acceptors (Lipinski definition) is 4. The smallest absolute Gasteiger partial charge is 0.206 e. The molecule has 0 radical (unpaired) electrons. The second-order valence-corrected chi connectivity index (χ2v) is 7.98. The summed E-state index contributed by atoms with van der Waals surface area (Å²) in [7, 11) is -1.60. The van der Waals surface area contributed by atoms with Gasteiger partial charge in [-0.1, -0.05) is 24.3 Å². The van der Waals surface area contributed by atoms with E-state index in [1.54, 1.807) is 36.4 Å². The summed E-state index contributed by atoms with van der Waals surface area (Å²) in [6, 6.07) is 14.0. The van der Waals surface area contributed by atoms with Gasteiger partial charge >= 0.3 is 0 Å². The number of fused-ring (bicyclic) bond motifs is 1. The normalized spacial score (nSPS) is 17.5. The summed E-state index contributed by atoms with van der Waals surface area (Å²) in [5, 5.41) is 3.07. The van der Waals surface area contributed by atoms with Gasteiger partial charge in [-0.3, -0.25) is 0 Å². The van der Waals surface area contributed by atoms with E-state index in [4.69, 9.17) is 4.74 Å². The Kier molecular flexibility index (Phi) is 5.33. The van der Waals surface area contributed by atoms with E-state index in [0.717, 1.165) is 31.4 Å². The third-order valence-electron chi connectivity index (χ3n) is 4.41. The zero-order chi connectivity index (χ0) is 17.0. The molecule has 1 aliphatic carbocycles. The van der Waals surface area contributed by atoms with Crippen LogP contribution >= 0.6 is 0 Å². The van der Waals surface area contributed by atoms with Crippen molar-refractivity contribution in [2.75, 3.05) is 20.2 Å². The molecule has 0 bridgehead atoms. The molecule has 0 fully saturated rings. The Labute approximate surface area is 143 Å². The van der Waals surface area contributed by atoms with Crippen molar-refractivity contribution in [2.24, 2.45) is 0 Å². The van der Waals surface area contributed by atoms with Gasteiger partial charge in [0.2, 0.25) is 9.84 Å². The molecule has 1 unspecified atom stereocenters. The Balaban J connectivity index is 1.93. The van der Waals surface area contributed by atoms with Gasteiger partial charge in [-0.15, -0.1) is 0 Å². The minimum atomic E-state index is -3.49. The number of ether oxygens (including phenoxy) is 1. The van der Waals surface area contributed by atoms with Crippen molar-refractivity contribution in [3.63, 3.8) is 0 Å². The van der Waals surface area contributed by atoms with Crippen molar-refractivity contribution in [3.8, 4) is 0 Å². The molecular weight excluding hydrogens is 322 g/mol. The van der Waals surface area contributed by atoms with Gasteiger partial charge < -0.3 is 10.1 Å². The average Bonchev–Trinajstić information content (AvgIpc) is 2.62. The zero-order valence-corrected chi connectivity index (χ0v) is 14.7. The van der Waals surface area contributed by atoms with Gasteiger partial charge in [-0.2, -0.15) is 0 Å². The third kappa shape index (κ3) is 3.53. The van der Waals surface area contributed by atoms with Crippen LogP contribution in [-0.2, 0) is 21.0 Å². The number of likely N-dealkylation sites (N-methyl/N-ethyl adjacent to an activating group) is 1. The summed E-state index contributed by atoms with van der Waals surface area (Å²) in [6.07, 6.45) is 2.97. The molecule has 24 heavy (non-hydrogen) atoms. The zero-order valence-electron chi connectivity index (χ0n) is 13.9. The maximum atomic E-state index is 12.8. The van der Waals surface area contributed by atoms with Crippen LogP contribution in [0.5, 0.6) is 0 Å². The summed E-state index contributed by atoms with van der Waals surface area (Å²) in [5.74, 6) is 0. The Bertz CT molecular complexity index is 788. The molecule has 2 aromatic carbocycles. The van der Waals surface area contributed by atoms with Gasteiger partial charge in [-0.05, 0) is 61.7 Å². The van der Waals surface area contributed by atoms with Gasteiger partial charge in [0.05, 0.1) is 22.5 Å². The van der Waals surface area contributed by atoms with Gasteiger partial charge in [-0.25, -0.2) is 8.42 Å². The summed E-state index contributed by atoms with van der Waals surface area (Å²) in [5.41, 5.74) is 2.22. The number of rotatable bonds is 6. The highest BCUT2D eigenvalue weighted by atomic mass is 32.2. The monoisotopic (exact) mass is 345 g/mol. The molecule has 5 heteroatoms. The molecule has 0 aliphatic heterocycles. The Morgan fingerprint density at radius 1 is 1.12 bits per heavy atom. The molecule has 1 N–H and O–H groups in total. The predicted octanol–water partition coefficient (Wildman–Crippen LogP) is 3.13. The van der Waals surface area contributed by atoms with Crippen LogP contribution in [0.25, 0.3) is 0 Å². The van der Waals surface area contributed by atoms with Crippen molar-refractivity contribution >= 4 is 9.84 Å². The Morgan fingerprint density at radius 2 is 1.92 bits per heavy atom. The maximum absolute atomic E-state index is 12.8. The number of sulfone groups is 1. The maximum Gasteiger partial charge on any atom is 0.206 e. The van der Waals surface area contributed by atoms with E-state index in [1.807, 2.05) is 19.2 Å². The molecule has 0 aromatic heterocycles. The molecule has 1 atom stereocenters. The summed E-state index contributed by atoms with van der Waals surface area (Å²) in [4.78, 5) is 0.671. The van der Waals surface area contributed by atoms with Crippen LogP contribution in [0.15, 0.2) is 58.3 Å². The van der Waals surface area contributed by atoms with E-state index in [0.29, 0.717) is 16.4 Å². The van der Waals surface area contributed by atoms with E-state index in [-0.39, 0.29) is 6.10 Å². The van der Waals surface area contributed by atoms with Crippen molar-refractivity contribution in [3.05, 3.63) is 59.7 Å². The molecule has 0 heterocycles. The van der Waals surface area contributed by atoms with E-state index in [2.05, 4.69) is 5.32 Å². The average molecular weight is 345 g/mol. The second-order valence-electron chi connectivity index (χ2n) is 6.03. The summed E-state index contributed by atoms with van der Waals surface area (Å²) in [6.45, 7) is 1.41. The van der Waals surface area contributed by atoms with Crippen LogP contribution in [0.2, 0.25) is 0 Å². The first-order chi connectivity index (χ1) is 11.6. The van der Waals surface area contributed by atoms with Crippen LogP contribution in [0.4, 0.5) is 0 Å². The van der Waals surface area contributed by atoms with Crippen molar-refractivity contribution < 1.29 is 13.2 Å². The van der Waals surface area contributed by atoms with Gasteiger partial charge in [0, 0.05) is 6.54 Å². The van der Waals surface area contributed by atoms with Crippen molar-refractivity contribution in [1.82, 2.24) is 5.32 Å². The van der Waals surface area contributed by atoms with E-state index in [1.165, 1.54) is 5.56 Å². The highest BCUT2D eigenvalue weighted by molar-refractivity contribution is 7.91. The highest BCUT2D eigenvalue weighted by Gasteiger charge is 2.24. The lowest BCUT2D eigenvalue weighted by Crippen LogP contribution is -2.19. The van der Waals surface area contributed by atoms with Crippen molar-refractivity contribution in [2.45, 2.75) is 35.2 Å². The molecule has 2 aromatic rings. The third-order valence-corrected chi connectivity index (χ3v) is 6.18. The number of aryl methyl sites for hydroxylation is 1. The summed E-state index contributed by atoms with van der Waals surface area (Å²) >= 11 is 0. The largest absolute Gasteiger partial charge is 0.372 e. The minimum absolute atomic E-state index is 0.0203. The molecule has 4 nitrogen and oxygen atoms in total. The first kappa shape index (κ1) is 17.1. The van der Waals surface area contributed by atoms with Crippen molar-refractivity contribution in [1.29, 1.82) is 0 Å². The molecule has 0 amide bonds. The van der Waals surface area contributed by atoms with Crippen LogP contribution in [0, 0.1) is 0 Å². The summed E-state index contributed by atoms with van der Waals surface area (Å²) < 4.78 is 31.6. The van der Waals surface area contributed by atoms with E-state index >= 15 is 0 Å². The van der Waals surface area contributed by atoms with Crippen LogP contribution in [0.3, 0.4) is 0 Å². The highest BCUT2D eigenvalue weighted by Crippen LogP contribution is 2.35. The fourth-order valence-corrected chi connectivity index (χ4v) is 4.43. The first-order valence-electron chi connectivity index (χ1n) is 8.32. The predicted molar refractivity (Wildman–Crippen MR) is 93.9 cm³/mol. The fraction of sp³-hybridized carbons (Fsp3) is 0.368. The van der Waals surface area contributed by atoms with Crippen LogP contribution in [-0.4, -0.2) is 28.6 Å². The fourth-order valence-electron chi connectivity index (χ4n) is 3.11. The standard InChI is InChI=1S/C19H23NO3S/c1-20-12-13-23-19-9-5-6-15-10-11-17(14-18(15)19)24(21,22)16-7-3-2-4-8-16/h2-4,7-8,10-11,14,19-20H,5-6,9,12-13H2,1H3. The molecule has 0 saturated heterocycles. The van der Waals surface area contributed by atoms with Crippen LogP contribution < -0.4 is 5.32 Å². The van der Waals surface area contributed by atoms with Gasteiger partial charge in [0.1, 0.15) is 0 Å². The molecule has 0 spiro atoms. The number of nitrogens with one attached hydrogen (secondary N) is 1. The van der Waals surface area contributed by atoms with Gasteiger partial charge in [0.25, 0.3) is 0 Å². The van der Waals surface area contributed by atoms with Gasteiger partial charge in [0.15, 0.2) is 0 Å². The molecular formula is C19H23NO3S. The van der Waals surface area contributed by atoms with Crippen LogP contribution in [0.1, 0.15) is 30.1 Å². The lowest BCUT2D eigenvalue weighted by atomic mass is 9.89. The number of benzene rings is 2. The second kappa shape index (κ2) is 7.47. The number of hydrogen-bond donors (Lipinski definition) is 1. The minimum Gasteiger partial charge on any atom is -0.372 e. The molecule has 0 saturated carbocycles. The van der Waals surface area contributed by atoms with E-state index < -0.39 is 9.84 Å². The molecule has 1 aliphatic rings. The first-order valence-corrected chi connectivity index (χ1v) is 9.80. The Hall–Kier alpha value is -1.69. The quantitative estimate of drug-likeness (QED) is 0.817. The topological polar surface area (TPSA) is 55.4 Å². The SMILES string of the molecule is CNCCOC1CCCc2ccc(S(=O)(=O)c3ccccc3)cc21. The Morgan fingerprint density at radius 3 is 2.67 bits per heavy atom. The molecule has 3 rings (SSSR count).